The molecule has 28 heavy (non-hydrogen) atoms. The maximum absolute atomic E-state index is 12.3. The Hall–Kier alpha value is -2.53. The zero-order chi connectivity index (χ0) is 20.5. The van der Waals surface area contributed by atoms with E-state index >= 15 is 0 Å². The summed E-state index contributed by atoms with van der Waals surface area (Å²) in [4.78, 5) is 12.3. The Balaban J connectivity index is 1.78. The van der Waals surface area contributed by atoms with Crippen LogP contribution in [0.25, 0.3) is 0 Å². The van der Waals surface area contributed by atoms with Crippen LogP contribution in [0.5, 0.6) is 11.5 Å². The zero-order valence-corrected chi connectivity index (χ0v) is 17.6. The Kier molecular flexibility index (Phi) is 8.33. The number of aryl methyl sites for hydroxylation is 1. The van der Waals surface area contributed by atoms with Gasteiger partial charge in [-0.2, -0.15) is 0 Å². The lowest BCUT2D eigenvalue weighted by atomic mass is 9.98. The minimum atomic E-state index is 0.0369. The maximum Gasteiger partial charge on any atom is 0.225 e. The largest absolute Gasteiger partial charge is 0.493 e. The molecule has 5 nitrogen and oxygen atoms in total. The van der Waals surface area contributed by atoms with Crippen LogP contribution in [-0.2, 0) is 11.2 Å². The number of hydrogen-bond donors (Lipinski definition) is 2. The van der Waals surface area contributed by atoms with Crippen molar-refractivity contribution in [3.8, 4) is 11.5 Å². The molecule has 0 radical (unpaired) electrons. The summed E-state index contributed by atoms with van der Waals surface area (Å²) in [5, 5.41) is 6.42. The van der Waals surface area contributed by atoms with Crippen molar-refractivity contribution in [2.24, 2.45) is 0 Å². The Bertz CT molecular complexity index is 787. The molecule has 152 valence electrons. The molecule has 2 N–H and O–H groups in total. The summed E-state index contributed by atoms with van der Waals surface area (Å²) >= 11 is 0. The first-order valence-electron chi connectivity index (χ1n) is 9.77. The second-order valence-corrected chi connectivity index (χ2v) is 7.18. The Morgan fingerprint density at radius 3 is 2.46 bits per heavy atom. The predicted octanol–water partition coefficient (Wildman–Crippen LogP) is 4.30. The highest BCUT2D eigenvalue weighted by Gasteiger charge is 2.11. The van der Waals surface area contributed by atoms with Crippen molar-refractivity contribution in [1.29, 1.82) is 0 Å². The van der Waals surface area contributed by atoms with Crippen molar-refractivity contribution in [1.82, 2.24) is 5.32 Å². The highest BCUT2D eigenvalue weighted by molar-refractivity contribution is 5.92. The van der Waals surface area contributed by atoms with E-state index in [1.165, 1.54) is 5.56 Å². The molecular formula is C23H32N2O3. The van der Waals surface area contributed by atoms with Crippen LogP contribution < -0.4 is 20.1 Å². The summed E-state index contributed by atoms with van der Waals surface area (Å²) in [5.74, 6) is 1.87. The average Bonchev–Trinajstić information content (AvgIpc) is 2.68. The molecule has 0 aliphatic heterocycles. The van der Waals surface area contributed by atoms with Crippen LogP contribution in [0.4, 0.5) is 5.69 Å². The highest BCUT2D eigenvalue weighted by atomic mass is 16.5. The standard InChI is InChI=1S/C23H32N2O3/c1-16(2)19-8-6-7-17(3)23(19)25-22(26)12-14-24-13-11-18-9-10-20(27-4)21(15-18)28-5/h6-10,15-16,24H,11-14H2,1-5H3,(H,25,26). The molecule has 0 bridgehead atoms. The van der Waals surface area contributed by atoms with Gasteiger partial charge >= 0.3 is 0 Å². The number of ether oxygens (including phenoxy) is 2. The number of para-hydroxylation sites is 1. The van der Waals surface area contributed by atoms with Crippen molar-refractivity contribution < 1.29 is 14.3 Å². The number of amides is 1. The lowest BCUT2D eigenvalue weighted by molar-refractivity contribution is -0.116. The molecule has 2 rings (SSSR count). The van der Waals surface area contributed by atoms with E-state index in [4.69, 9.17) is 9.47 Å². The number of hydrogen-bond acceptors (Lipinski definition) is 4. The first-order valence-corrected chi connectivity index (χ1v) is 9.77. The Morgan fingerprint density at radius 2 is 1.79 bits per heavy atom. The quantitative estimate of drug-likeness (QED) is 0.600. The molecule has 0 atom stereocenters. The molecule has 0 fully saturated rings. The van der Waals surface area contributed by atoms with Crippen LogP contribution in [0.1, 0.15) is 42.9 Å². The van der Waals surface area contributed by atoms with E-state index in [-0.39, 0.29) is 5.91 Å². The van der Waals surface area contributed by atoms with E-state index in [0.717, 1.165) is 41.3 Å². The molecular weight excluding hydrogens is 352 g/mol. The second kappa shape index (κ2) is 10.7. The number of carbonyl (C=O) groups excluding carboxylic acids is 1. The number of rotatable bonds is 10. The van der Waals surface area contributed by atoms with E-state index in [2.05, 4.69) is 30.5 Å². The van der Waals surface area contributed by atoms with Crippen LogP contribution in [-0.4, -0.2) is 33.2 Å². The lowest BCUT2D eigenvalue weighted by Gasteiger charge is -2.16. The minimum Gasteiger partial charge on any atom is -0.493 e. The van der Waals surface area contributed by atoms with Crippen molar-refractivity contribution in [3.05, 3.63) is 53.1 Å². The SMILES string of the molecule is COc1ccc(CCNCCC(=O)Nc2c(C)cccc2C(C)C)cc1OC. The van der Waals surface area contributed by atoms with Crippen LogP contribution in [0.2, 0.25) is 0 Å². The first kappa shape index (κ1) is 21.8. The molecule has 0 heterocycles. The Morgan fingerprint density at radius 1 is 1.04 bits per heavy atom. The predicted molar refractivity (Wildman–Crippen MR) is 115 cm³/mol. The number of benzene rings is 2. The molecule has 0 aliphatic rings. The fraction of sp³-hybridized carbons (Fsp3) is 0.435. The van der Waals surface area contributed by atoms with Gasteiger partial charge in [-0.25, -0.2) is 0 Å². The molecule has 2 aromatic carbocycles. The van der Waals surface area contributed by atoms with Crippen molar-refractivity contribution in [2.45, 2.75) is 39.5 Å². The number of methoxy groups -OCH3 is 2. The van der Waals surface area contributed by atoms with Crippen LogP contribution in [0.3, 0.4) is 0 Å². The number of nitrogens with one attached hydrogen (secondary N) is 2. The normalized spacial score (nSPS) is 10.8. The fourth-order valence-electron chi connectivity index (χ4n) is 3.14. The lowest BCUT2D eigenvalue weighted by Crippen LogP contribution is -2.24. The van der Waals surface area contributed by atoms with Gasteiger partial charge in [-0.15, -0.1) is 0 Å². The summed E-state index contributed by atoms with van der Waals surface area (Å²) in [6, 6.07) is 12.1. The molecule has 0 spiro atoms. The van der Waals surface area contributed by atoms with E-state index < -0.39 is 0 Å². The van der Waals surface area contributed by atoms with Crippen LogP contribution in [0, 0.1) is 6.92 Å². The number of carbonyl (C=O) groups is 1. The summed E-state index contributed by atoms with van der Waals surface area (Å²) in [6.45, 7) is 7.75. The van der Waals surface area contributed by atoms with E-state index in [1.807, 2.05) is 37.3 Å². The van der Waals surface area contributed by atoms with Gasteiger partial charge in [0.2, 0.25) is 5.91 Å². The summed E-state index contributed by atoms with van der Waals surface area (Å²) in [5.41, 5.74) is 4.39. The smallest absolute Gasteiger partial charge is 0.225 e. The van der Waals surface area contributed by atoms with Gasteiger partial charge in [0.25, 0.3) is 0 Å². The van der Waals surface area contributed by atoms with Gasteiger partial charge in [-0.1, -0.05) is 38.1 Å². The molecule has 0 aromatic heterocycles. The summed E-state index contributed by atoms with van der Waals surface area (Å²) in [7, 11) is 3.27. The zero-order valence-electron chi connectivity index (χ0n) is 17.6. The fourth-order valence-corrected chi connectivity index (χ4v) is 3.14. The second-order valence-electron chi connectivity index (χ2n) is 7.18. The van der Waals surface area contributed by atoms with Gasteiger partial charge in [0, 0.05) is 18.7 Å². The minimum absolute atomic E-state index is 0.0369. The van der Waals surface area contributed by atoms with Gasteiger partial charge in [0.15, 0.2) is 11.5 Å². The topological polar surface area (TPSA) is 59.6 Å². The van der Waals surface area contributed by atoms with Crippen molar-refractivity contribution in [3.63, 3.8) is 0 Å². The van der Waals surface area contributed by atoms with Crippen LogP contribution >= 0.6 is 0 Å². The Labute approximate surface area is 168 Å². The summed E-state index contributed by atoms with van der Waals surface area (Å²) < 4.78 is 10.6. The molecule has 0 saturated heterocycles. The van der Waals surface area contributed by atoms with Gasteiger partial charge in [-0.3, -0.25) is 4.79 Å². The first-order chi connectivity index (χ1) is 13.5. The highest BCUT2D eigenvalue weighted by Crippen LogP contribution is 2.28. The van der Waals surface area contributed by atoms with E-state index in [9.17, 15) is 4.79 Å². The van der Waals surface area contributed by atoms with Crippen molar-refractivity contribution >= 4 is 11.6 Å². The third-order valence-electron chi connectivity index (χ3n) is 4.76. The molecule has 5 heteroatoms. The van der Waals surface area contributed by atoms with Crippen LogP contribution in [0.15, 0.2) is 36.4 Å². The van der Waals surface area contributed by atoms with Gasteiger partial charge in [0.1, 0.15) is 0 Å². The average molecular weight is 385 g/mol. The van der Waals surface area contributed by atoms with E-state index in [1.54, 1.807) is 14.2 Å². The molecule has 0 unspecified atom stereocenters. The van der Waals surface area contributed by atoms with Crippen molar-refractivity contribution in [2.75, 3.05) is 32.6 Å². The third kappa shape index (κ3) is 5.99. The molecule has 2 aromatic rings. The molecule has 0 saturated carbocycles. The van der Waals surface area contributed by atoms with Gasteiger partial charge < -0.3 is 20.1 Å². The van der Waals surface area contributed by atoms with E-state index in [0.29, 0.717) is 18.9 Å². The van der Waals surface area contributed by atoms with Gasteiger partial charge in [-0.05, 0) is 54.6 Å². The summed E-state index contributed by atoms with van der Waals surface area (Å²) in [6.07, 6.45) is 1.30. The third-order valence-corrected chi connectivity index (χ3v) is 4.76. The molecule has 1 amide bonds. The monoisotopic (exact) mass is 384 g/mol. The number of anilines is 1. The maximum atomic E-state index is 12.3. The molecule has 0 aliphatic carbocycles. The van der Waals surface area contributed by atoms with Gasteiger partial charge in [0.05, 0.1) is 14.2 Å².